The predicted octanol–water partition coefficient (Wildman–Crippen LogP) is 3.57. The third kappa shape index (κ3) is 3.30. The van der Waals surface area contributed by atoms with E-state index in [1.165, 1.54) is 0 Å². The minimum Gasteiger partial charge on any atom is -0.494 e. The minimum atomic E-state index is -0.156. The van der Waals surface area contributed by atoms with Crippen molar-refractivity contribution >= 4 is 22.7 Å². The van der Waals surface area contributed by atoms with Crippen LogP contribution < -0.4 is 5.32 Å². The Kier molecular flexibility index (Phi) is 5.13. The molecule has 0 amide bonds. The number of aliphatic hydroxyl groups is 1. The molecule has 0 aliphatic carbocycles. The van der Waals surface area contributed by atoms with Gasteiger partial charge in [-0.2, -0.15) is 0 Å². The largest absolute Gasteiger partial charge is 0.494 e. The number of aliphatic imine (C=N–C) groups is 1. The minimum absolute atomic E-state index is 0.156. The second-order valence-electron chi connectivity index (χ2n) is 7.26. The van der Waals surface area contributed by atoms with Crippen molar-refractivity contribution in [3.63, 3.8) is 0 Å². The molecular formula is C23H26N4O2. The van der Waals surface area contributed by atoms with E-state index in [2.05, 4.69) is 40.4 Å². The second kappa shape index (κ2) is 7.73. The fourth-order valence-electron chi connectivity index (χ4n) is 3.98. The highest BCUT2D eigenvalue weighted by atomic mass is 16.5. The molecule has 1 aromatic carbocycles. The van der Waals surface area contributed by atoms with Crippen LogP contribution in [0.1, 0.15) is 28.2 Å². The van der Waals surface area contributed by atoms with Gasteiger partial charge in [0, 0.05) is 40.0 Å². The molecule has 2 aromatic heterocycles. The number of para-hydroxylation sites is 1. The van der Waals surface area contributed by atoms with Crippen LogP contribution in [0.5, 0.6) is 0 Å². The summed E-state index contributed by atoms with van der Waals surface area (Å²) in [4.78, 5) is 11.7. The Bertz CT molecular complexity index is 1160. The van der Waals surface area contributed by atoms with E-state index in [1.54, 1.807) is 7.11 Å². The number of aromatic nitrogens is 2. The Morgan fingerprint density at radius 2 is 2.00 bits per heavy atom. The first-order valence-electron chi connectivity index (χ1n) is 9.67. The number of nitrogens with zero attached hydrogens (tertiary/aromatic N) is 1. The zero-order chi connectivity index (χ0) is 20.5. The first-order chi connectivity index (χ1) is 14.1. The molecule has 6 nitrogen and oxygen atoms in total. The number of benzene rings is 1. The summed E-state index contributed by atoms with van der Waals surface area (Å²) in [6.07, 6.45) is 1.98. The molecule has 4 rings (SSSR count). The van der Waals surface area contributed by atoms with Crippen molar-refractivity contribution in [3.05, 3.63) is 75.6 Å². The summed E-state index contributed by atoms with van der Waals surface area (Å²) >= 11 is 0. The lowest BCUT2D eigenvalue weighted by molar-refractivity contribution is 0.283. The van der Waals surface area contributed by atoms with Crippen LogP contribution in [0.15, 0.2) is 52.4 Å². The van der Waals surface area contributed by atoms with Gasteiger partial charge in [0.05, 0.1) is 25.1 Å². The van der Waals surface area contributed by atoms with E-state index in [0.29, 0.717) is 23.6 Å². The van der Waals surface area contributed by atoms with Crippen molar-refractivity contribution in [2.24, 2.45) is 4.99 Å². The number of rotatable bonds is 6. The molecule has 150 valence electrons. The van der Waals surface area contributed by atoms with E-state index in [1.807, 2.05) is 32.2 Å². The Hall–Kier alpha value is -3.09. The van der Waals surface area contributed by atoms with Crippen LogP contribution in [0.3, 0.4) is 0 Å². The van der Waals surface area contributed by atoms with Gasteiger partial charge in [0.25, 0.3) is 0 Å². The van der Waals surface area contributed by atoms with Gasteiger partial charge < -0.3 is 25.1 Å². The Morgan fingerprint density at radius 3 is 2.66 bits per heavy atom. The lowest BCUT2D eigenvalue weighted by atomic mass is 10.0. The van der Waals surface area contributed by atoms with E-state index >= 15 is 0 Å². The van der Waals surface area contributed by atoms with Crippen LogP contribution in [-0.4, -0.2) is 41.6 Å². The summed E-state index contributed by atoms with van der Waals surface area (Å²) < 4.78 is 5.67. The van der Waals surface area contributed by atoms with Crippen molar-refractivity contribution in [3.8, 4) is 0 Å². The maximum absolute atomic E-state index is 10.2. The summed E-state index contributed by atoms with van der Waals surface area (Å²) in [5, 5.41) is 14.5. The maximum atomic E-state index is 10.2. The zero-order valence-corrected chi connectivity index (χ0v) is 17.2. The number of aliphatic hydroxyl groups excluding tert-OH is 1. The smallest absolute Gasteiger partial charge is 0.152 e. The number of aromatic amines is 2. The van der Waals surface area contributed by atoms with Gasteiger partial charge in [-0.1, -0.05) is 18.2 Å². The van der Waals surface area contributed by atoms with Crippen LogP contribution in [0.25, 0.3) is 17.0 Å². The van der Waals surface area contributed by atoms with Crippen molar-refractivity contribution < 1.29 is 9.84 Å². The van der Waals surface area contributed by atoms with Crippen molar-refractivity contribution in [2.75, 3.05) is 20.8 Å². The molecule has 0 unspecified atom stereocenters. The number of hydrogen-bond donors (Lipinski definition) is 4. The first kappa shape index (κ1) is 19.2. The molecule has 0 spiro atoms. The van der Waals surface area contributed by atoms with Crippen LogP contribution in [0, 0.1) is 13.8 Å². The van der Waals surface area contributed by atoms with Crippen LogP contribution in [0.4, 0.5) is 0 Å². The topological polar surface area (TPSA) is 85.4 Å². The lowest BCUT2D eigenvalue weighted by Crippen LogP contribution is -2.13. The van der Waals surface area contributed by atoms with Gasteiger partial charge in [-0.15, -0.1) is 0 Å². The first-order valence-corrected chi connectivity index (χ1v) is 9.67. The molecular weight excluding hydrogens is 364 g/mol. The maximum Gasteiger partial charge on any atom is 0.152 e. The molecule has 1 aliphatic heterocycles. The van der Waals surface area contributed by atoms with E-state index < -0.39 is 0 Å². The molecule has 0 saturated heterocycles. The molecule has 0 bridgehead atoms. The van der Waals surface area contributed by atoms with Crippen LogP contribution >= 0.6 is 0 Å². The van der Waals surface area contributed by atoms with Gasteiger partial charge in [-0.05, 0) is 44.7 Å². The van der Waals surface area contributed by atoms with E-state index in [0.717, 1.165) is 44.8 Å². The summed E-state index contributed by atoms with van der Waals surface area (Å²) in [5.41, 5.74) is 8.39. The van der Waals surface area contributed by atoms with Crippen molar-refractivity contribution in [1.29, 1.82) is 0 Å². The molecule has 29 heavy (non-hydrogen) atoms. The van der Waals surface area contributed by atoms with Gasteiger partial charge >= 0.3 is 0 Å². The van der Waals surface area contributed by atoms with Crippen LogP contribution in [0.2, 0.25) is 0 Å². The summed E-state index contributed by atoms with van der Waals surface area (Å²) in [7, 11) is 3.54. The highest BCUT2D eigenvalue weighted by molar-refractivity contribution is 6.18. The highest BCUT2D eigenvalue weighted by Gasteiger charge is 2.29. The number of H-pyrrole nitrogens is 2. The number of fused-ring (bicyclic) bond motifs is 1. The predicted molar refractivity (Wildman–Crippen MR) is 117 cm³/mol. The SMILES string of the molecule is CNCc1c(C2=N/C(=C\c3[nH]c(C)cc3C)C(OC)=C2CO)[nH]c2ccccc12. The number of ether oxygens (including phenoxy) is 1. The van der Waals surface area contributed by atoms with Crippen molar-refractivity contribution in [2.45, 2.75) is 20.4 Å². The average Bonchev–Trinajstić information content (AvgIpc) is 3.35. The molecule has 1 aliphatic rings. The normalized spacial score (nSPS) is 15.6. The standard InChI is InChI=1S/C23H26N4O2/c1-13-9-14(2)25-19(13)10-20-23(29-4)17(12-28)22(27-20)21-16(11-24-3)15-7-5-6-8-18(15)26-21/h5-10,24-26,28H,11-12H2,1-4H3/b20-10-. The third-order valence-electron chi connectivity index (χ3n) is 5.26. The molecule has 3 aromatic rings. The summed E-state index contributed by atoms with van der Waals surface area (Å²) in [6, 6.07) is 10.3. The summed E-state index contributed by atoms with van der Waals surface area (Å²) in [6.45, 7) is 4.62. The third-order valence-corrected chi connectivity index (χ3v) is 5.26. The van der Waals surface area contributed by atoms with Gasteiger partial charge in [0.2, 0.25) is 0 Å². The fraction of sp³-hybridized carbons (Fsp3) is 0.261. The number of aryl methyl sites for hydroxylation is 2. The van der Waals surface area contributed by atoms with Gasteiger partial charge in [-0.25, -0.2) is 4.99 Å². The Morgan fingerprint density at radius 1 is 1.21 bits per heavy atom. The quantitative estimate of drug-likeness (QED) is 0.519. The van der Waals surface area contributed by atoms with E-state index in [9.17, 15) is 5.11 Å². The zero-order valence-electron chi connectivity index (χ0n) is 17.2. The van der Waals surface area contributed by atoms with Gasteiger partial charge in [0.15, 0.2) is 5.76 Å². The lowest BCUT2D eigenvalue weighted by Gasteiger charge is -2.08. The average molecular weight is 390 g/mol. The summed E-state index contributed by atoms with van der Waals surface area (Å²) in [5.74, 6) is 0.600. The highest BCUT2D eigenvalue weighted by Crippen LogP contribution is 2.33. The second-order valence-corrected chi connectivity index (χ2v) is 7.26. The van der Waals surface area contributed by atoms with Crippen LogP contribution in [-0.2, 0) is 11.3 Å². The number of nitrogens with one attached hydrogen (secondary N) is 3. The molecule has 6 heteroatoms. The molecule has 3 heterocycles. The number of hydrogen-bond acceptors (Lipinski definition) is 4. The van der Waals surface area contributed by atoms with Gasteiger partial charge in [0.1, 0.15) is 5.70 Å². The molecule has 0 saturated carbocycles. The molecule has 4 N–H and O–H groups in total. The molecule has 0 atom stereocenters. The van der Waals surface area contributed by atoms with E-state index in [4.69, 9.17) is 9.73 Å². The van der Waals surface area contributed by atoms with Crippen molar-refractivity contribution in [1.82, 2.24) is 15.3 Å². The van der Waals surface area contributed by atoms with Gasteiger partial charge in [-0.3, -0.25) is 0 Å². The molecule has 0 fully saturated rings. The molecule has 0 radical (unpaired) electrons. The van der Waals surface area contributed by atoms with E-state index in [-0.39, 0.29) is 6.61 Å². The Labute approximate surface area is 170 Å². The fourth-order valence-corrected chi connectivity index (χ4v) is 3.98. The Balaban J connectivity index is 1.91. The number of methoxy groups -OCH3 is 1. The monoisotopic (exact) mass is 390 g/mol.